The molecule has 0 N–H and O–H groups in total. The van der Waals surface area contributed by atoms with E-state index >= 15 is 0 Å². The molecule has 1 aliphatic heterocycles. The number of anilines is 1. The molecule has 1 saturated heterocycles. The number of fused-ring (bicyclic) bond motifs is 1. The molecule has 0 aromatic heterocycles. The van der Waals surface area contributed by atoms with Gasteiger partial charge in [-0.3, -0.25) is 24.1 Å². The van der Waals surface area contributed by atoms with Gasteiger partial charge in [-0.25, -0.2) is 0 Å². The van der Waals surface area contributed by atoms with Gasteiger partial charge >= 0.3 is 5.97 Å². The van der Waals surface area contributed by atoms with E-state index in [1.807, 2.05) is 55.4 Å². The molecule has 0 saturated carbocycles. The number of ether oxygens (including phenoxy) is 1. The number of amides is 3. The first-order valence-corrected chi connectivity index (χ1v) is 10.4. The Labute approximate surface area is 182 Å². The predicted octanol–water partition coefficient (Wildman–Crippen LogP) is 1.60. The van der Waals surface area contributed by atoms with E-state index in [4.69, 9.17) is 4.74 Å². The highest BCUT2D eigenvalue weighted by Crippen LogP contribution is 2.35. The van der Waals surface area contributed by atoms with Gasteiger partial charge in [-0.2, -0.15) is 0 Å². The lowest BCUT2D eigenvalue weighted by atomic mass is 9.85. The van der Waals surface area contributed by atoms with Crippen LogP contribution in [0.5, 0.6) is 0 Å². The molecule has 1 aromatic rings. The third-order valence-electron chi connectivity index (χ3n) is 5.79. The van der Waals surface area contributed by atoms with Gasteiger partial charge in [-0.05, 0) is 30.5 Å². The van der Waals surface area contributed by atoms with Gasteiger partial charge in [0.05, 0.1) is 18.3 Å². The predicted molar refractivity (Wildman–Crippen MR) is 115 cm³/mol. The van der Waals surface area contributed by atoms with E-state index in [2.05, 4.69) is 0 Å². The van der Waals surface area contributed by atoms with E-state index < -0.39 is 5.97 Å². The lowest BCUT2D eigenvalue weighted by Crippen LogP contribution is -2.34. The van der Waals surface area contributed by atoms with Crippen LogP contribution in [0.15, 0.2) is 36.4 Å². The molecule has 8 heteroatoms. The van der Waals surface area contributed by atoms with Crippen molar-refractivity contribution in [3.8, 4) is 0 Å². The van der Waals surface area contributed by atoms with E-state index in [1.165, 1.54) is 4.90 Å². The zero-order chi connectivity index (χ0) is 22.5. The van der Waals surface area contributed by atoms with Crippen molar-refractivity contribution in [2.24, 2.45) is 11.8 Å². The molecule has 1 fully saturated rings. The number of likely N-dealkylation sites (tertiary alicyclic amines) is 1. The molecular weight excluding hydrogens is 398 g/mol. The van der Waals surface area contributed by atoms with Crippen molar-refractivity contribution in [1.29, 1.82) is 0 Å². The third-order valence-corrected chi connectivity index (χ3v) is 5.79. The quantitative estimate of drug-likeness (QED) is 0.356. The Kier molecular flexibility index (Phi) is 7.09. The van der Waals surface area contributed by atoms with Gasteiger partial charge in [0.15, 0.2) is 6.61 Å². The summed E-state index contributed by atoms with van der Waals surface area (Å²) in [6, 6.07) is 7.84. The third kappa shape index (κ3) is 5.31. The molecule has 0 radical (unpaired) electrons. The van der Waals surface area contributed by atoms with Crippen LogP contribution in [0.2, 0.25) is 0 Å². The standard InChI is InChI=1S/C23H29N3O5/c1-24(2)17-10-8-16(9-11-17)14-25(3)20(27)15-31-21(28)12-13-26-22(29)18-6-4-5-7-19(18)23(26)30/h4-5,8-11,18-19H,6-7,12-15H2,1-3H3/t18-,19+. The largest absolute Gasteiger partial charge is 0.456 e. The Morgan fingerprint density at radius 1 is 1.00 bits per heavy atom. The topological polar surface area (TPSA) is 87.2 Å². The SMILES string of the molecule is CN(Cc1ccc(N(C)C)cc1)C(=O)COC(=O)CCN1C(=O)[C@H]2CC=CC[C@H]2C1=O. The van der Waals surface area contributed by atoms with Crippen molar-refractivity contribution < 1.29 is 23.9 Å². The molecule has 3 amide bonds. The van der Waals surface area contributed by atoms with E-state index in [-0.39, 0.29) is 49.1 Å². The van der Waals surface area contributed by atoms with E-state index in [0.29, 0.717) is 19.4 Å². The first-order valence-electron chi connectivity index (χ1n) is 10.4. The second-order valence-electron chi connectivity index (χ2n) is 8.21. The maximum Gasteiger partial charge on any atom is 0.308 e. The number of carbonyl (C=O) groups excluding carboxylic acids is 4. The summed E-state index contributed by atoms with van der Waals surface area (Å²) in [5, 5.41) is 0. The Bertz CT molecular complexity index is 852. The summed E-state index contributed by atoms with van der Waals surface area (Å²) in [6.45, 7) is 0.0195. The molecule has 2 atom stereocenters. The highest BCUT2D eigenvalue weighted by Gasteiger charge is 2.46. The lowest BCUT2D eigenvalue weighted by Gasteiger charge is -2.19. The van der Waals surface area contributed by atoms with Crippen LogP contribution in [0.4, 0.5) is 5.69 Å². The van der Waals surface area contributed by atoms with E-state index in [9.17, 15) is 19.2 Å². The number of likely N-dealkylation sites (N-methyl/N-ethyl adjacent to an activating group) is 1. The zero-order valence-electron chi connectivity index (χ0n) is 18.2. The fraction of sp³-hybridized carbons (Fsp3) is 0.478. The fourth-order valence-corrected chi connectivity index (χ4v) is 3.88. The van der Waals surface area contributed by atoms with Crippen LogP contribution < -0.4 is 4.90 Å². The number of hydrogen-bond donors (Lipinski definition) is 0. The van der Waals surface area contributed by atoms with Gasteiger partial charge in [-0.15, -0.1) is 0 Å². The Morgan fingerprint density at radius 3 is 2.13 bits per heavy atom. The number of esters is 1. The van der Waals surface area contributed by atoms with Gasteiger partial charge in [0, 0.05) is 39.9 Å². The molecule has 0 spiro atoms. The number of carbonyl (C=O) groups is 4. The molecule has 3 rings (SSSR count). The fourth-order valence-electron chi connectivity index (χ4n) is 3.88. The van der Waals surface area contributed by atoms with Crippen molar-refractivity contribution in [3.63, 3.8) is 0 Å². The van der Waals surface area contributed by atoms with E-state index in [1.54, 1.807) is 7.05 Å². The van der Waals surface area contributed by atoms with Crippen molar-refractivity contribution in [3.05, 3.63) is 42.0 Å². The minimum absolute atomic E-state index is 0.00818. The minimum Gasteiger partial charge on any atom is -0.456 e. The average molecular weight is 428 g/mol. The molecule has 0 bridgehead atoms. The van der Waals surface area contributed by atoms with Crippen LogP contribution >= 0.6 is 0 Å². The van der Waals surface area contributed by atoms with Crippen molar-refractivity contribution in [2.75, 3.05) is 39.2 Å². The number of rotatable bonds is 8. The molecule has 31 heavy (non-hydrogen) atoms. The first-order chi connectivity index (χ1) is 14.8. The molecule has 0 unspecified atom stereocenters. The summed E-state index contributed by atoms with van der Waals surface area (Å²) >= 11 is 0. The summed E-state index contributed by atoms with van der Waals surface area (Å²) in [6.07, 6.45) is 4.85. The van der Waals surface area contributed by atoms with Crippen LogP contribution in [-0.2, 0) is 30.5 Å². The summed E-state index contributed by atoms with van der Waals surface area (Å²) in [7, 11) is 5.56. The summed E-state index contributed by atoms with van der Waals surface area (Å²) < 4.78 is 5.06. The van der Waals surface area contributed by atoms with Crippen molar-refractivity contribution in [1.82, 2.24) is 9.80 Å². The molecule has 1 aromatic carbocycles. The number of imide groups is 1. The van der Waals surface area contributed by atoms with Gasteiger partial charge in [-0.1, -0.05) is 24.3 Å². The molecular formula is C23H29N3O5. The Morgan fingerprint density at radius 2 is 1.58 bits per heavy atom. The molecule has 2 aliphatic rings. The molecule has 166 valence electrons. The summed E-state index contributed by atoms with van der Waals surface area (Å²) in [5.41, 5.74) is 2.03. The van der Waals surface area contributed by atoms with Gasteiger partial charge < -0.3 is 14.5 Å². The van der Waals surface area contributed by atoms with Crippen molar-refractivity contribution >= 4 is 29.4 Å². The lowest BCUT2D eigenvalue weighted by molar-refractivity contribution is -0.152. The normalized spacial score (nSPS) is 19.9. The van der Waals surface area contributed by atoms with Gasteiger partial charge in [0.25, 0.3) is 5.91 Å². The Hall–Kier alpha value is -3.16. The molecule has 8 nitrogen and oxygen atoms in total. The summed E-state index contributed by atoms with van der Waals surface area (Å²) in [5.74, 6) is -1.99. The second kappa shape index (κ2) is 9.76. The van der Waals surface area contributed by atoms with Crippen LogP contribution in [0.1, 0.15) is 24.8 Å². The van der Waals surface area contributed by atoms with Gasteiger partial charge in [0.1, 0.15) is 0 Å². The highest BCUT2D eigenvalue weighted by atomic mass is 16.5. The number of benzene rings is 1. The number of nitrogens with zero attached hydrogens (tertiary/aromatic N) is 3. The minimum atomic E-state index is -0.606. The maximum atomic E-state index is 12.4. The molecule has 1 aliphatic carbocycles. The Balaban J connectivity index is 1.41. The average Bonchev–Trinajstić information content (AvgIpc) is 3.01. The first kappa shape index (κ1) is 22.5. The van der Waals surface area contributed by atoms with E-state index in [0.717, 1.165) is 16.2 Å². The maximum absolute atomic E-state index is 12.4. The van der Waals surface area contributed by atoms with Crippen LogP contribution in [0.3, 0.4) is 0 Å². The number of hydrogen-bond acceptors (Lipinski definition) is 6. The van der Waals surface area contributed by atoms with Crippen molar-refractivity contribution in [2.45, 2.75) is 25.8 Å². The van der Waals surface area contributed by atoms with Crippen LogP contribution in [0, 0.1) is 11.8 Å². The van der Waals surface area contributed by atoms with Crippen LogP contribution in [0.25, 0.3) is 0 Å². The molecule has 1 heterocycles. The number of allylic oxidation sites excluding steroid dienone is 2. The highest BCUT2D eigenvalue weighted by molar-refractivity contribution is 6.05. The van der Waals surface area contributed by atoms with Crippen LogP contribution in [-0.4, -0.2) is 67.8 Å². The monoisotopic (exact) mass is 427 g/mol. The second-order valence-corrected chi connectivity index (χ2v) is 8.21. The summed E-state index contributed by atoms with van der Waals surface area (Å²) in [4.78, 5) is 53.8. The van der Waals surface area contributed by atoms with Gasteiger partial charge in [0.2, 0.25) is 11.8 Å². The smallest absolute Gasteiger partial charge is 0.308 e. The zero-order valence-corrected chi connectivity index (χ0v) is 18.2.